The summed E-state index contributed by atoms with van der Waals surface area (Å²) in [5, 5.41) is 0. The Bertz CT molecular complexity index is 869. The number of Topliss-reactive ketones (excluding diaryl/α,β-unsaturated/α-hetero) is 1. The van der Waals surface area contributed by atoms with Crippen LogP contribution in [0.2, 0.25) is 0 Å². The fourth-order valence-corrected chi connectivity index (χ4v) is 8.01. The molecule has 2 saturated carbocycles. The van der Waals surface area contributed by atoms with E-state index in [0.717, 1.165) is 31.4 Å². The van der Waals surface area contributed by atoms with E-state index < -0.39 is 9.34 Å². The van der Waals surface area contributed by atoms with Gasteiger partial charge in [0.15, 0.2) is 5.60 Å². The van der Waals surface area contributed by atoms with Crippen LogP contribution in [0.1, 0.15) is 63.5 Å². The van der Waals surface area contributed by atoms with Gasteiger partial charge in [-0.25, -0.2) is 0 Å². The van der Waals surface area contributed by atoms with Gasteiger partial charge >= 0.3 is 5.97 Å². The van der Waals surface area contributed by atoms with E-state index >= 15 is 0 Å². The Kier molecular flexibility index (Phi) is 5.89. The molecule has 30 heavy (non-hydrogen) atoms. The third kappa shape index (κ3) is 3.19. The molecule has 164 valence electrons. The SMILES string of the molecule is COc1ccc2c(c1)CC[C@H]1[C@H]2[C@@H](C)C[C@@]2(C)[C@H]1CC[C@@]2(OC(C)=O)C(=O)C(Br)Br. The van der Waals surface area contributed by atoms with Crippen molar-refractivity contribution in [2.75, 3.05) is 7.11 Å². The molecule has 0 spiro atoms. The predicted octanol–water partition coefficient (Wildman–Crippen LogP) is 5.78. The summed E-state index contributed by atoms with van der Waals surface area (Å²) >= 11 is 6.80. The van der Waals surface area contributed by atoms with E-state index in [-0.39, 0.29) is 17.2 Å². The first-order valence-electron chi connectivity index (χ1n) is 10.8. The van der Waals surface area contributed by atoms with Crippen molar-refractivity contribution < 1.29 is 19.1 Å². The van der Waals surface area contributed by atoms with Crippen molar-refractivity contribution in [1.29, 1.82) is 0 Å². The number of carbonyl (C=O) groups excluding carboxylic acids is 2. The Morgan fingerprint density at radius 2 is 1.97 bits per heavy atom. The summed E-state index contributed by atoms with van der Waals surface area (Å²) in [6, 6.07) is 6.51. The Morgan fingerprint density at radius 3 is 2.60 bits per heavy atom. The number of methoxy groups -OCH3 is 1. The van der Waals surface area contributed by atoms with Crippen LogP contribution in [-0.2, 0) is 20.7 Å². The van der Waals surface area contributed by atoms with Gasteiger partial charge in [-0.3, -0.25) is 9.59 Å². The van der Waals surface area contributed by atoms with Crippen molar-refractivity contribution in [2.24, 2.45) is 23.2 Å². The normalized spacial score (nSPS) is 37.2. The molecule has 1 aromatic carbocycles. The molecule has 0 heterocycles. The summed E-state index contributed by atoms with van der Waals surface area (Å²) in [7, 11) is 1.72. The number of alkyl halides is 2. The number of ether oxygens (including phenoxy) is 2. The Hall–Kier alpha value is -0.880. The maximum absolute atomic E-state index is 13.4. The molecule has 0 bridgehead atoms. The lowest BCUT2D eigenvalue weighted by Gasteiger charge is -2.56. The minimum absolute atomic E-state index is 0.0608. The number of benzene rings is 1. The van der Waals surface area contributed by atoms with Crippen LogP contribution >= 0.6 is 31.9 Å². The largest absolute Gasteiger partial charge is 0.497 e. The van der Waals surface area contributed by atoms with E-state index in [1.54, 1.807) is 7.11 Å². The van der Waals surface area contributed by atoms with Gasteiger partial charge in [-0.05, 0) is 79.0 Å². The van der Waals surface area contributed by atoms with Gasteiger partial charge in [0.2, 0.25) is 5.78 Å². The van der Waals surface area contributed by atoms with E-state index in [4.69, 9.17) is 9.47 Å². The van der Waals surface area contributed by atoms with Crippen LogP contribution in [0.5, 0.6) is 5.75 Å². The fourth-order valence-electron chi connectivity index (χ4n) is 7.27. The van der Waals surface area contributed by atoms with Gasteiger partial charge in [0, 0.05) is 12.3 Å². The second-order valence-corrected chi connectivity index (χ2v) is 12.7. The molecule has 4 rings (SSSR count). The van der Waals surface area contributed by atoms with Crippen LogP contribution in [0, 0.1) is 23.2 Å². The minimum Gasteiger partial charge on any atom is -0.497 e. The Balaban J connectivity index is 1.76. The molecular formula is C24H30Br2O4. The van der Waals surface area contributed by atoms with Crippen LogP contribution in [0.25, 0.3) is 0 Å². The van der Waals surface area contributed by atoms with E-state index in [9.17, 15) is 9.59 Å². The molecule has 0 N–H and O–H groups in total. The first-order chi connectivity index (χ1) is 14.1. The topological polar surface area (TPSA) is 52.6 Å². The molecule has 3 aliphatic carbocycles. The van der Waals surface area contributed by atoms with Gasteiger partial charge in [-0.15, -0.1) is 0 Å². The third-order valence-electron chi connectivity index (χ3n) is 8.26. The summed E-state index contributed by atoms with van der Waals surface area (Å²) in [5.41, 5.74) is 1.41. The summed E-state index contributed by atoms with van der Waals surface area (Å²) in [4.78, 5) is 25.5. The predicted molar refractivity (Wildman–Crippen MR) is 123 cm³/mol. The molecule has 4 nitrogen and oxygen atoms in total. The van der Waals surface area contributed by atoms with Crippen LogP contribution in [0.15, 0.2) is 18.2 Å². The zero-order valence-electron chi connectivity index (χ0n) is 18.0. The van der Waals surface area contributed by atoms with Crippen LogP contribution in [0.4, 0.5) is 0 Å². The van der Waals surface area contributed by atoms with E-state index in [2.05, 4.69) is 63.9 Å². The molecule has 0 aliphatic heterocycles. The Morgan fingerprint density at radius 1 is 1.23 bits per heavy atom. The van der Waals surface area contributed by atoms with Crippen molar-refractivity contribution >= 4 is 43.6 Å². The van der Waals surface area contributed by atoms with Crippen molar-refractivity contribution in [3.63, 3.8) is 0 Å². The fraction of sp³-hybridized carbons (Fsp3) is 0.667. The standard InChI is InChI=1S/C24H30Br2O4/c1-13-12-23(3)19(9-10-24(23,30-14(2)27)21(28)22(25)26)18-7-5-15-11-16(29-4)6-8-17(15)20(13)18/h6,8,11,13,18-20,22H,5,7,9-10,12H2,1-4H3/t13-,18+,19-,20-,23-,24+/m0/s1. The van der Waals surface area contributed by atoms with Gasteiger partial charge in [-0.1, -0.05) is 51.8 Å². The third-order valence-corrected chi connectivity index (χ3v) is 9.09. The van der Waals surface area contributed by atoms with Crippen molar-refractivity contribution in [2.45, 2.75) is 68.1 Å². The molecule has 1 aromatic rings. The number of hydrogen-bond donors (Lipinski definition) is 0. The molecule has 6 heteroatoms. The summed E-state index contributed by atoms with van der Waals surface area (Å²) in [5.74, 6) is 2.21. The zero-order valence-corrected chi connectivity index (χ0v) is 21.2. The number of hydrogen-bond acceptors (Lipinski definition) is 4. The van der Waals surface area contributed by atoms with Crippen molar-refractivity contribution in [1.82, 2.24) is 0 Å². The lowest BCUT2D eigenvalue weighted by atomic mass is 9.50. The van der Waals surface area contributed by atoms with Crippen LogP contribution in [0.3, 0.4) is 0 Å². The monoisotopic (exact) mass is 540 g/mol. The van der Waals surface area contributed by atoms with Crippen molar-refractivity contribution in [3.05, 3.63) is 29.3 Å². The summed E-state index contributed by atoms with van der Waals surface area (Å²) < 4.78 is 10.9. The molecule has 0 amide bonds. The number of fused-ring (bicyclic) bond motifs is 5. The molecular weight excluding hydrogens is 512 g/mol. The second-order valence-electron chi connectivity index (χ2n) is 9.62. The lowest BCUT2D eigenvalue weighted by molar-refractivity contribution is -0.186. The maximum Gasteiger partial charge on any atom is 0.303 e. The zero-order chi connectivity index (χ0) is 21.8. The van der Waals surface area contributed by atoms with Crippen LogP contribution < -0.4 is 4.74 Å². The molecule has 3 aliphatic rings. The highest BCUT2D eigenvalue weighted by Crippen LogP contribution is 2.67. The number of halogens is 2. The second kappa shape index (κ2) is 7.91. The van der Waals surface area contributed by atoms with Gasteiger partial charge in [0.05, 0.1) is 7.11 Å². The average Bonchev–Trinajstić information content (AvgIpc) is 2.98. The lowest BCUT2D eigenvalue weighted by Crippen LogP contribution is -2.59. The van der Waals surface area contributed by atoms with E-state index in [0.29, 0.717) is 30.1 Å². The quantitative estimate of drug-likeness (QED) is 0.358. The van der Waals surface area contributed by atoms with E-state index in [1.807, 2.05) is 0 Å². The first-order valence-corrected chi connectivity index (χ1v) is 12.7. The molecule has 2 fully saturated rings. The maximum atomic E-state index is 13.4. The van der Waals surface area contributed by atoms with Gasteiger partial charge in [-0.2, -0.15) is 0 Å². The number of aryl methyl sites for hydroxylation is 1. The number of carbonyl (C=O) groups is 2. The highest BCUT2D eigenvalue weighted by Gasteiger charge is 2.68. The highest BCUT2D eigenvalue weighted by atomic mass is 79.9. The molecule has 0 radical (unpaired) electrons. The summed E-state index contributed by atoms with van der Waals surface area (Å²) in [6.45, 7) is 5.92. The average molecular weight is 542 g/mol. The van der Waals surface area contributed by atoms with Gasteiger partial charge in [0.1, 0.15) is 9.49 Å². The molecule has 0 aromatic heterocycles. The van der Waals surface area contributed by atoms with E-state index in [1.165, 1.54) is 18.1 Å². The molecule has 6 atom stereocenters. The van der Waals surface area contributed by atoms with Gasteiger partial charge in [0.25, 0.3) is 0 Å². The highest BCUT2D eigenvalue weighted by molar-refractivity contribution is 9.25. The number of rotatable bonds is 4. The number of ketones is 1. The summed E-state index contributed by atoms with van der Waals surface area (Å²) in [6.07, 6.45) is 4.52. The first kappa shape index (κ1) is 22.3. The Labute approximate surface area is 195 Å². The molecule has 0 unspecified atom stereocenters. The molecule has 0 saturated heterocycles. The number of esters is 1. The minimum atomic E-state index is -1.07. The van der Waals surface area contributed by atoms with Crippen LogP contribution in [-0.4, -0.2) is 28.2 Å². The smallest absolute Gasteiger partial charge is 0.303 e. The van der Waals surface area contributed by atoms with Gasteiger partial charge < -0.3 is 9.47 Å². The van der Waals surface area contributed by atoms with Crippen molar-refractivity contribution in [3.8, 4) is 5.75 Å².